The molecule has 9 nitrogen and oxygen atoms in total. The van der Waals surface area contributed by atoms with Gasteiger partial charge < -0.3 is 15.4 Å². The maximum absolute atomic E-state index is 13.5. The van der Waals surface area contributed by atoms with Gasteiger partial charge in [0.15, 0.2) is 0 Å². The van der Waals surface area contributed by atoms with Crippen LogP contribution in [0, 0.1) is 0 Å². The zero-order chi connectivity index (χ0) is 29.6. The van der Waals surface area contributed by atoms with Crippen molar-refractivity contribution in [1.29, 1.82) is 0 Å². The first-order valence-electron chi connectivity index (χ1n) is 12.4. The Morgan fingerprint density at radius 3 is 2.49 bits per heavy atom. The van der Waals surface area contributed by atoms with Crippen LogP contribution in [0.5, 0.6) is 5.75 Å². The highest BCUT2D eigenvalue weighted by Gasteiger charge is 2.36. The van der Waals surface area contributed by atoms with Crippen molar-refractivity contribution in [1.82, 2.24) is 25.4 Å². The van der Waals surface area contributed by atoms with E-state index in [9.17, 15) is 27.6 Å². The molecule has 0 radical (unpaired) electrons. The summed E-state index contributed by atoms with van der Waals surface area (Å²) in [6, 6.07) is 13.1. The number of benzene rings is 2. The van der Waals surface area contributed by atoms with Gasteiger partial charge in [-0.15, -0.1) is 24.5 Å². The first-order valence-corrected chi connectivity index (χ1v) is 13.3. The highest BCUT2D eigenvalue weighted by molar-refractivity contribution is 7.09. The van der Waals surface area contributed by atoms with Crippen LogP contribution >= 0.6 is 11.3 Å². The second-order valence-corrected chi connectivity index (χ2v) is 10.5. The van der Waals surface area contributed by atoms with Gasteiger partial charge in [-0.1, -0.05) is 42.5 Å². The molecule has 2 N–H and O–H groups in total. The number of carbonyl (C=O) groups excluding carboxylic acids is 3. The number of halogens is 3. The number of Topliss-reactive ketones (excluding diaryl/α,β-unsaturated/α-hetero) is 1. The Morgan fingerprint density at radius 2 is 1.80 bits per heavy atom. The molecule has 41 heavy (non-hydrogen) atoms. The number of ketones is 1. The summed E-state index contributed by atoms with van der Waals surface area (Å²) in [7, 11) is 0. The smallest absolute Gasteiger partial charge is 0.406 e. The van der Waals surface area contributed by atoms with E-state index in [0.717, 1.165) is 5.56 Å². The van der Waals surface area contributed by atoms with Gasteiger partial charge in [0.1, 0.15) is 22.3 Å². The van der Waals surface area contributed by atoms with Gasteiger partial charge in [0, 0.05) is 29.8 Å². The van der Waals surface area contributed by atoms with E-state index in [0.29, 0.717) is 16.1 Å². The fourth-order valence-electron chi connectivity index (χ4n) is 3.89. The molecule has 4 aromatic rings. The summed E-state index contributed by atoms with van der Waals surface area (Å²) in [5.41, 5.74) is 0.226. The van der Waals surface area contributed by atoms with E-state index in [1.165, 1.54) is 46.6 Å². The van der Waals surface area contributed by atoms with Crippen LogP contribution < -0.4 is 15.4 Å². The zero-order valence-corrected chi connectivity index (χ0v) is 22.8. The Kier molecular flexibility index (Phi) is 8.86. The number of thiazole rings is 1. The van der Waals surface area contributed by atoms with Crippen molar-refractivity contribution < 1.29 is 32.3 Å². The van der Waals surface area contributed by atoms with Crippen LogP contribution in [0.4, 0.5) is 13.2 Å². The van der Waals surface area contributed by atoms with Gasteiger partial charge >= 0.3 is 6.36 Å². The second-order valence-electron chi connectivity index (χ2n) is 9.50. The van der Waals surface area contributed by atoms with Gasteiger partial charge in [0.05, 0.1) is 12.7 Å². The Bertz CT molecular complexity index is 1500. The minimum Gasteiger partial charge on any atom is -0.406 e. The van der Waals surface area contributed by atoms with Gasteiger partial charge in [0.25, 0.3) is 5.91 Å². The van der Waals surface area contributed by atoms with Crippen molar-refractivity contribution in [3.8, 4) is 16.9 Å². The molecule has 4 rings (SSSR count). The normalized spacial score (nSPS) is 12.4. The number of hydrogen-bond donors (Lipinski definition) is 2. The number of nitrogens with one attached hydrogen (secondary N) is 2. The lowest BCUT2D eigenvalue weighted by molar-refractivity contribution is -0.274. The van der Waals surface area contributed by atoms with Crippen LogP contribution in [0.3, 0.4) is 0 Å². The minimum atomic E-state index is -4.84. The van der Waals surface area contributed by atoms with E-state index in [4.69, 9.17) is 0 Å². The number of ether oxygens (including phenoxy) is 1. The largest absolute Gasteiger partial charge is 0.573 e. The highest BCUT2D eigenvalue weighted by atomic mass is 32.1. The summed E-state index contributed by atoms with van der Waals surface area (Å²) >= 11 is 1.33. The van der Waals surface area contributed by atoms with Crippen molar-refractivity contribution in [3.05, 3.63) is 89.1 Å². The molecule has 214 valence electrons. The first kappa shape index (κ1) is 29.5. The van der Waals surface area contributed by atoms with Crippen LogP contribution in [-0.4, -0.2) is 44.8 Å². The Hall–Kier alpha value is -4.52. The molecule has 0 aliphatic rings. The molecule has 0 bridgehead atoms. The summed E-state index contributed by atoms with van der Waals surface area (Å²) in [5, 5.41) is 11.9. The van der Waals surface area contributed by atoms with Crippen LogP contribution in [0.25, 0.3) is 11.1 Å². The molecular weight excluding hydrogens is 559 g/mol. The summed E-state index contributed by atoms with van der Waals surface area (Å²) in [6.45, 7) is 3.20. The van der Waals surface area contributed by atoms with E-state index in [1.54, 1.807) is 55.8 Å². The van der Waals surface area contributed by atoms with Crippen LogP contribution in [0.1, 0.15) is 24.4 Å². The predicted molar refractivity (Wildman–Crippen MR) is 145 cm³/mol. The topological polar surface area (TPSA) is 115 Å². The molecule has 0 spiro atoms. The molecule has 1 atom stereocenters. The summed E-state index contributed by atoms with van der Waals surface area (Å²) in [6.07, 6.45) is -0.277. The number of rotatable bonds is 11. The number of alkyl halides is 3. The van der Waals surface area contributed by atoms with Crippen LogP contribution in [0.15, 0.2) is 78.6 Å². The molecule has 0 aliphatic heterocycles. The van der Waals surface area contributed by atoms with E-state index < -0.39 is 41.3 Å². The quantitative estimate of drug-likeness (QED) is 0.254. The van der Waals surface area contributed by atoms with Gasteiger partial charge in [0.2, 0.25) is 11.7 Å². The molecule has 0 unspecified atom stereocenters. The molecule has 0 aliphatic carbocycles. The fraction of sp³-hybridized carbons (Fsp3) is 0.250. The SMILES string of the molecule is CC(C)(C(=O)N[C@H](Cc1ccccc1)C(=O)C(=O)NCc1nccs1)n1cc(-c2cccc(OC(F)(F)F)c2)cn1. The molecule has 0 saturated heterocycles. The van der Waals surface area contributed by atoms with Crippen molar-refractivity contribution >= 4 is 28.9 Å². The number of amides is 2. The molecule has 2 amide bonds. The number of carbonyl (C=O) groups is 3. The van der Waals surface area contributed by atoms with Gasteiger partial charge in [-0.3, -0.25) is 19.1 Å². The van der Waals surface area contributed by atoms with Crippen molar-refractivity contribution in [2.45, 2.75) is 44.8 Å². The molecular formula is C28H26F3N5O4S. The average molecular weight is 586 g/mol. The Morgan fingerprint density at radius 1 is 1.05 bits per heavy atom. The van der Waals surface area contributed by atoms with E-state index in [2.05, 4.69) is 25.5 Å². The monoisotopic (exact) mass is 585 g/mol. The maximum atomic E-state index is 13.5. The highest BCUT2D eigenvalue weighted by Crippen LogP contribution is 2.29. The summed E-state index contributed by atoms with van der Waals surface area (Å²) in [5.74, 6) is -2.67. The Balaban J connectivity index is 1.51. The fourth-order valence-corrected chi connectivity index (χ4v) is 4.45. The second kappa shape index (κ2) is 12.3. The average Bonchev–Trinajstić information content (AvgIpc) is 3.64. The summed E-state index contributed by atoms with van der Waals surface area (Å²) < 4.78 is 43.3. The standard InChI is InChI=1S/C28H26F3N5O4S/c1-27(2,36-17-20(15-34-36)19-9-6-10-21(14-19)40-28(29,30)31)26(39)35-22(13-18-7-4-3-5-8-18)24(37)25(38)33-16-23-32-11-12-41-23/h3-12,14-15,17,22H,13,16H2,1-2H3,(H,33,38)(H,35,39)/t22-/m1/s1. The van der Waals surface area contributed by atoms with E-state index >= 15 is 0 Å². The van der Waals surface area contributed by atoms with Crippen LogP contribution in [0.2, 0.25) is 0 Å². The van der Waals surface area contributed by atoms with Crippen molar-refractivity contribution in [2.24, 2.45) is 0 Å². The third kappa shape index (κ3) is 7.78. The first-order chi connectivity index (χ1) is 19.4. The molecule has 2 aromatic heterocycles. The van der Waals surface area contributed by atoms with Crippen LogP contribution in [-0.2, 0) is 32.9 Å². The third-order valence-corrected chi connectivity index (χ3v) is 6.90. The summed E-state index contributed by atoms with van der Waals surface area (Å²) in [4.78, 5) is 43.4. The molecule has 2 aromatic carbocycles. The Labute approximate surface area is 237 Å². The van der Waals surface area contributed by atoms with E-state index in [-0.39, 0.29) is 13.0 Å². The van der Waals surface area contributed by atoms with Gasteiger partial charge in [-0.25, -0.2) is 4.98 Å². The maximum Gasteiger partial charge on any atom is 0.573 e. The number of aromatic nitrogens is 3. The lowest BCUT2D eigenvalue weighted by atomic mass is 9.98. The third-order valence-electron chi connectivity index (χ3n) is 6.12. The molecule has 13 heteroatoms. The lowest BCUT2D eigenvalue weighted by Crippen LogP contribution is -2.54. The van der Waals surface area contributed by atoms with Gasteiger partial charge in [-0.05, 0) is 37.1 Å². The number of hydrogen-bond acceptors (Lipinski definition) is 7. The zero-order valence-electron chi connectivity index (χ0n) is 22.0. The number of nitrogens with zero attached hydrogens (tertiary/aromatic N) is 3. The van der Waals surface area contributed by atoms with Gasteiger partial charge in [-0.2, -0.15) is 5.10 Å². The molecule has 2 heterocycles. The lowest BCUT2D eigenvalue weighted by Gasteiger charge is -2.27. The molecule has 0 saturated carbocycles. The van der Waals surface area contributed by atoms with E-state index in [1.807, 2.05) is 6.07 Å². The predicted octanol–water partition coefficient (Wildman–Crippen LogP) is 4.25. The molecule has 0 fully saturated rings. The van der Waals surface area contributed by atoms with Crippen molar-refractivity contribution in [3.63, 3.8) is 0 Å². The minimum absolute atomic E-state index is 0.0719. The van der Waals surface area contributed by atoms with Crippen molar-refractivity contribution in [2.75, 3.05) is 0 Å².